The minimum Gasteiger partial charge on any atom is -0.325 e. The topological polar surface area (TPSA) is 91.2 Å². The third-order valence-corrected chi connectivity index (χ3v) is 8.40. The summed E-state index contributed by atoms with van der Waals surface area (Å²) in [6.45, 7) is 0.300. The van der Waals surface area contributed by atoms with Crippen LogP contribution < -0.4 is 5.32 Å². The molecular formula is C21H19ClN4O3S2. The Labute approximate surface area is 189 Å². The molecule has 1 N–H and O–H groups in total. The fourth-order valence-electron chi connectivity index (χ4n) is 3.29. The monoisotopic (exact) mass is 474 g/mol. The molecule has 0 saturated carbocycles. The molecule has 0 bridgehead atoms. The van der Waals surface area contributed by atoms with Crippen molar-refractivity contribution in [2.75, 3.05) is 11.9 Å². The number of benzene rings is 2. The molecule has 3 aromatic rings. The van der Waals surface area contributed by atoms with E-state index < -0.39 is 16.1 Å². The summed E-state index contributed by atoms with van der Waals surface area (Å²) < 4.78 is 27.6. The van der Waals surface area contributed by atoms with E-state index in [4.69, 9.17) is 11.6 Å². The van der Waals surface area contributed by atoms with Gasteiger partial charge in [0.2, 0.25) is 5.91 Å². The van der Waals surface area contributed by atoms with Crippen LogP contribution in [0.2, 0.25) is 4.34 Å². The predicted octanol–water partition coefficient (Wildman–Crippen LogP) is 5.61. The highest BCUT2D eigenvalue weighted by molar-refractivity contribution is 7.91. The van der Waals surface area contributed by atoms with E-state index in [0.717, 1.165) is 17.0 Å². The molecule has 1 aliphatic heterocycles. The Morgan fingerprint density at radius 3 is 2.32 bits per heavy atom. The van der Waals surface area contributed by atoms with Crippen LogP contribution in [0.5, 0.6) is 0 Å². The third kappa shape index (κ3) is 5.01. The van der Waals surface area contributed by atoms with Gasteiger partial charge in [-0.05, 0) is 61.4 Å². The summed E-state index contributed by atoms with van der Waals surface area (Å²) in [6.07, 6.45) is 1.09. The van der Waals surface area contributed by atoms with Gasteiger partial charge in [-0.1, -0.05) is 29.8 Å². The van der Waals surface area contributed by atoms with E-state index in [1.165, 1.54) is 10.4 Å². The Morgan fingerprint density at radius 2 is 1.68 bits per heavy atom. The molecular weight excluding hydrogens is 456 g/mol. The zero-order valence-corrected chi connectivity index (χ0v) is 18.7. The average Bonchev–Trinajstić information content (AvgIpc) is 3.44. The van der Waals surface area contributed by atoms with Crippen LogP contribution in [0, 0.1) is 0 Å². The van der Waals surface area contributed by atoms with Crippen LogP contribution in [-0.2, 0) is 14.8 Å². The summed E-state index contributed by atoms with van der Waals surface area (Å²) >= 11 is 6.88. The second kappa shape index (κ2) is 9.27. The Kier molecular flexibility index (Phi) is 6.47. The van der Waals surface area contributed by atoms with Crippen molar-refractivity contribution in [3.63, 3.8) is 0 Å². The van der Waals surface area contributed by atoms with Crippen molar-refractivity contribution in [1.82, 2.24) is 4.31 Å². The van der Waals surface area contributed by atoms with E-state index in [1.807, 2.05) is 30.3 Å². The van der Waals surface area contributed by atoms with Crippen molar-refractivity contribution in [1.29, 1.82) is 0 Å². The average molecular weight is 475 g/mol. The van der Waals surface area contributed by atoms with Crippen molar-refractivity contribution in [3.8, 4) is 0 Å². The zero-order valence-electron chi connectivity index (χ0n) is 16.3. The van der Waals surface area contributed by atoms with Crippen LogP contribution in [0.15, 0.2) is 81.2 Å². The fourth-order valence-corrected chi connectivity index (χ4v) is 6.56. The molecule has 1 amide bonds. The van der Waals surface area contributed by atoms with E-state index in [2.05, 4.69) is 15.5 Å². The summed E-state index contributed by atoms with van der Waals surface area (Å²) in [5.41, 5.74) is 1.95. The summed E-state index contributed by atoms with van der Waals surface area (Å²) in [5, 5.41) is 11.1. The lowest BCUT2D eigenvalue weighted by molar-refractivity contribution is -0.119. The molecule has 4 rings (SSSR count). The molecule has 2 aromatic carbocycles. The number of carbonyl (C=O) groups excluding carboxylic acids is 1. The Balaban J connectivity index is 1.43. The van der Waals surface area contributed by atoms with Crippen molar-refractivity contribution >= 4 is 55.9 Å². The first-order chi connectivity index (χ1) is 14.9. The normalized spacial score (nSPS) is 17.3. The molecule has 10 heteroatoms. The molecule has 1 aliphatic rings. The number of nitrogens with zero attached hydrogens (tertiary/aromatic N) is 3. The predicted molar refractivity (Wildman–Crippen MR) is 122 cm³/mol. The minimum absolute atomic E-state index is 0.144. The first-order valence-electron chi connectivity index (χ1n) is 9.58. The summed E-state index contributed by atoms with van der Waals surface area (Å²) in [7, 11) is -3.77. The van der Waals surface area contributed by atoms with E-state index in [9.17, 15) is 13.2 Å². The number of hydrogen-bond acceptors (Lipinski definition) is 6. The summed E-state index contributed by atoms with van der Waals surface area (Å²) in [6, 6.07) is 18.5. The van der Waals surface area contributed by atoms with Crippen LogP contribution in [0.1, 0.15) is 12.8 Å². The highest BCUT2D eigenvalue weighted by Crippen LogP contribution is 2.32. The Morgan fingerprint density at radius 1 is 1.00 bits per heavy atom. The van der Waals surface area contributed by atoms with Gasteiger partial charge in [0.05, 0.1) is 15.7 Å². The van der Waals surface area contributed by atoms with Gasteiger partial charge in [-0.3, -0.25) is 4.79 Å². The Hall–Kier alpha value is -2.59. The number of nitrogens with one attached hydrogen (secondary N) is 1. The largest absolute Gasteiger partial charge is 0.325 e. The van der Waals surface area contributed by atoms with Crippen molar-refractivity contribution in [2.24, 2.45) is 10.2 Å². The molecule has 1 aromatic heterocycles. The maximum Gasteiger partial charge on any atom is 0.253 e. The SMILES string of the molecule is O=C(Nc1ccc(N=Nc2ccccc2)cc1)C1CCCN1S(=O)(=O)c1ccc(Cl)s1. The number of anilines is 1. The van der Waals surface area contributed by atoms with Crippen LogP contribution >= 0.6 is 22.9 Å². The molecule has 1 unspecified atom stereocenters. The second-order valence-corrected chi connectivity index (χ2v) is 10.7. The van der Waals surface area contributed by atoms with Gasteiger partial charge in [0.25, 0.3) is 10.0 Å². The summed E-state index contributed by atoms with van der Waals surface area (Å²) in [4.78, 5) is 12.8. The van der Waals surface area contributed by atoms with Crippen LogP contribution in [-0.4, -0.2) is 31.2 Å². The number of sulfonamides is 1. The molecule has 2 heterocycles. The lowest BCUT2D eigenvalue weighted by Gasteiger charge is -2.22. The minimum atomic E-state index is -3.77. The molecule has 0 spiro atoms. The Bertz CT molecular complexity index is 1190. The van der Waals surface area contributed by atoms with E-state index in [0.29, 0.717) is 35.1 Å². The molecule has 7 nitrogen and oxygen atoms in total. The van der Waals surface area contributed by atoms with E-state index >= 15 is 0 Å². The van der Waals surface area contributed by atoms with Crippen molar-refractivity contribution < 1.29 is 13.2 Å². The van der Waals surface area contributed by atoms with Crippen LogP contribution in [0.3, 0.4) is 0 Å². The van der Waals surface area contributed by atoms with Gasteiger partial charge in [0.15, 0.2) is 0 Å². The van der Waals surface area contributed by atoms with Crippen LogP contribution in [0.25, 0.3) is 0 Å². The summed E-state index contributed by atoms with van der Waals surface area (Å²) in [5.74, 6) is -0.359. The van der Waals surface area contributed by atoms with E-state index in [-0.39, 0.29) is 10.1 Å². The van der Waals surface area contributed by atoms with Gasteiger partial charge < -0.3 is 5.32 Å². The first kappa shape index (κ1) is 21.6. The number of rotatable bonds is 6. The standard InChI is InChI=1S/C21H19ClN4O3S2/c22-19-12-13-20(30-19)31(28,29)26-14-4-7-18(26)21(27)23-15-8-10-17(11-9-15)25-24-16-5-2-1-3-6-16/h1-3,5-6,8-13,18H,4,7,14H2,(H,23,27). The number of hydrogen-bond donors (Lipinski definition) is 1. The maximum atomic E-state index is 12.9. The third-order valence-electron chi connectivity index (χ3n) is 4.79. The first-order valence-corrected chi connectivity index (χ1v) is 12.2. The highest BCUT2D eigenvalue weighted by Gasteiger charge is 2.40. The van der Waals surface area contributed by atoms with Gasteiger partial charge in [0.1, 0.15) is 10.3 Å². The van der Waals surface area contributed by atoms with Gasteiger partial charge in [-0.2, -0.15) is 14.5 Å². The second-order valence-electron chi connectivity index (χ2n) is 6.90. The molecule has 1 atom stereocenters. The van der Waals surface area contributed by atoms with Gasteiger partial charge in [0, 0.05) is 12.2 Å². The molecule has 0 radical (unpaired) electrons. The molecule has 31 heavy (non-hydrogen) atoms. The number of halogens is 1. The maximum absolute atomic E-state index is 12.9. The fraction of sp³-hybridized carbons (Fsp3) is 0.190. The number of thiophene rings is 1. The smallest absolute Gasteiger partial charge is 0.253 e. The van der Waals surface area contributed by atoms with Crippen molar-refractivity contribution in [2.45, 2.75) is 23.1 Å². The number of carbonyl (C=O) groups is 1. The quantitative estimate of drug-likeness (QED) is 0.471. The highest BCUT2D eigenvalue weighted by atomic mass is 35.5. The molecule has 160 valence electrons. The molecule has 0 aliphatic carbocycles. The van der Waals surface area contributed by atoms with Gasteiger partial charge in [-0.25, -0.2) is 8.42 Å². The van der Waals surface area contributed by atoms with Gasteiger partial charge in [-0.15, -0.1) is 11.3 Å². The lowest BCUT2D eigenvalue weighted by Crippen LogP contribution is -2.42. The van der Waals surface area contributed by atoms with Crippen LogP contribution in [0.4, 0.5) is 17.1 Å². The number of amides is 1. The number of azo groups is 1. The lowest BCUT2D eigenvalue weighted by atomic mass is 10.2. The van der Waals surface area contributed by atoms with Gasteiger partial charge >= 0.3 is 0 Å². The molecule has 1 saturated heterocycles. The van der Waals surface area contributed by atoms with Crippen molar-refractivity contribution in [3.05, 3.63) is 71.1 Å². The molecule has 1 fully saturated rings. The zero-order chi connectivity index (χ0) is 21.8. The van der Waals surface area contributed by atoms with E-state index in [1.54, 1.807) is 30.3 Å².